The van der Waals surface area contributed by atoms with Gasteiger partial charge in [0, 0.05) is 0 Å². The van der Waals surface area contributed by atoms with Gasteiger partial charge in [0.05, 0.1) is 24.8 Å². The first-order valence-electron chi connectivity index (χ1n) is 9.21. The molecule has 4 rings (SSSR count). The fourth-order valence-electron chi connectivity index (χ4n) is 2.28. The topological polar surface area (TPSA) is 151 Å². The van der Waals surface area contributed by atoms with Crippen molar-refractivity contribution in [3.05, 3.63) is 49.8 Å². The first-order valence-corrected chi connectivity index (χ1v) is 14.2. The van der Waals surface area contributed by atoms with Gasteiger partial charge in [0.1, 0.15) is 25.1 Å². The number of aromatic nitrogens is 4. The first-order chi connectivity index (χ1) is 18.6. The molecule has 0 aliphatic rings. The summed E-state index contributed by atoms with van der Waals surface area (Å²) in [5, 5.41) is 5.07. The van der Waals surface area contributed by atoms with E-state index in [1.54, 1.807) is 0 Å². The molecule has 0 aliphatic heterocycles. The zero-order valence-electron chi connectivity index (χ0n) is 18.4. The van der Waals surface area contributed by atoms with E-state index in [0.29, 0.717) is 0 Å². The van der Waals surface area contributed by atoms with Gasteiger partial charge in [-0.05, 0) is 8.64 Å². The Balaban J connectivity index is 0.000000249. The van der Waals surface area contributed by atoms with Crippen molar-refractivity contribution in [2.75, 3.05) is 20.0 Å². The molecule has 0 aliphatic carbocycles. The van der Waals surface area contributed by atoms with E-state index in [0.717, 1.165) is 0 Å². The predicted molar refractivity (Wildman–Crippen MR) is 160 cm³/mol. The number of hydrogen-bond acceptors (Lipinski definition) is 16. The third kappa shape index (κ3) is 9.46. The van der Waals surface area contributed by atoms with Crippen LogP contribution in [0.1, 0.15) is 0 Å². The van der Waals surface area contributed by atoms with Crippen LogP contribution in [-0.2, 0) is 50.5 Å². The molecular weight excluding hydrogens is 753 g/mol. The number of rotatable bonds is 4. The Bertz CT molecular complexity index is 1180. The van der Waals surface area contributed by atoms with E-state index in [1.807, 2.05) is 0 Å². The second-order valence-corrected chi connectivity index (χ2v) is 10.3. The summed E-state index contributed by atoms with van der Waals surface area (Å²) < 4.78 is 37.9. The second-order valence-electron chi connectivity index (χ2n) is 5.67. The fourth-order valence-corrected chi connectivity index (χ4v) is 3.59. The van der Waals surface area contributed by atoms with Gasteiger partial charge in [-0.25, -0.2) is 30.0 Å². The molecule has 0 unspecified atom stereocenters. The van der Waals surface area contributed by atoms with Crippen molar-refractivity contribution in [3.8, 4) is 0 Å². The molecule has 39 heavy (non-hydrogen) atoms. The summed E-state index contributed by atoms with van der Waals surface area (Å²) in [5.41, 5.74) is 0. The molecule has 0 bridgehead atoms. The van der Waals surface area contributed by atoms with Gasteiger partial charge in [0.15, 0.2) is 8.64 Å². The fraction of sp³-hybridized carbons (Fsp3) is 0. The average Bonchev–Trinajstić information content (AvgIpc) is 3.70. The number of oxazole rings is 4. The third-order valence-corrected chi connectivity index (χ3v) is 4.93. The van der Waals surface area contributed by atoms with Crippen LogP contribution < -0.4 is 20.0 Å². The Kier molecular flexibility index (Phi) is 14.3. The Morgan fingerprint density at radius 1 is 0.615 bits per heavy atom. The summed E-state index contributed by atoms with van der Waals surface area (Å²) in [5.74, 6) is 0. The number of hydrogen-bond donors (Lipinski definition) is 2. The first kappa shape index (κ1) is 33.0. The molecule has 0 atom stereocenters. The van der Waals surface area contributed by atoms with Crippen LogP contribution in [0.25, 0.3) is 0 Å². The molecule has 0 saturated carbocycles. The van der Waals surface area contributed by atoms with Crippen LogP contribution in [0.4, 0.5) is 24.1 Å². The number of anilines is 4. The van der Waals surface area contributed by atoms with Crippen LogP contribution in [0.3, 0.4) is 0 Å². The van der Waals surface area contributed by atoms with Crippen molar-refractivity contribution in [2.45, 2.75) is 0 Å². The molecule has 0 amide bonds. The normalized spacial score (nSPS) is 9.49. The Labute approximate surface area is 271 Å². The molecule has 0 spiro atoms. The Morgan fingerprint density at radius 2 is 0.846 bits per heavy atom. The molecule has 0 fully saturated rings. The van der Waals surface area contributed by atoms with Crippen molar-refractivity contribution in [2.24, 2.45) is 0 Å². The molecule has 4 aromatic heterocycles. The zero-order valence-corrected chi connectivity index (χ0v) is 27.1. The second kappa shape index (κ2) is 16.8. The van der Waals surface area contributed by atoms with Gasteiger partial charge >= 0.3 is 49.3 Å². The van der Waals surface area contributed by atoms with Gasteiger partial charge in [-0.1, -0.05) is 24.4 Å². The Hall–Kier alpha value is -2.17. The van der Waals surface area contributed by atoms with Gasteiger partial charge in [-0.3, -0.25) is 0 Å². The van der Waals surface area contributed by atoms with E-state index in [-0.39, 0.29) is 41.3 Å². The van der Waals surface area contributed by atoms with Gasteiger partial charge in [-0.15, -0.1) is 25.3 Å². The van der Waals surface area contributed by atoms with Crippen LogP contribution in [0, 0.1) is 0 Å². The number of thiol groups is 2. The SMILES string of the molecule is S=C([S-])N(c1ncco1)N(C(=S)S)c1ncco1.S=C([S-])N(c1ncco1)N(C(=S)S)c1ncco1.[O]=[Mo+2]=[O]. The standard InChI is InChI=1S/2C8H6N4O2S4.Mo.2O/c2*15-7(16)11(5-9-1-3-13-5)12(8(17)18)6-10-2-4-14-6;;;/h2*1-4H,(H,15,16)(H,17,18);;;/q;;+2;;/p-2. The predicted octanol–water partition coefficient (Wildman–Crippen LogP) is 3.63. The van der Waals surface area contributed by atoms with Gasteiger partial charge in [-0.2, -0.15) is 10.0 Å². The van der Waals surface area contributed by atoms with E-state index < -0.39 is 18.5 Å². The van der Waals surface area contributed by atoms with Crippen molar-refractivity contribution >= 4 is 141 Å². The molecule has 4 aromatic rings. The maximum absolute atomic E-state index is 8.50. The number of nitrogens with zero attached hydrogens (tertiary/aromatic N) is 8. The number of thiocarbonyl (C=S) groups is 4. The zero-order chi connectivity index (χ0) is 28.9. The molecule has 0 radical (unpaired) electrons. The quantitative estimate of drug-likeness (QED) is 0.102. The van der Waals surface area contributed by atoms with Crippen LogP contribution in [-0.4, -0.2) is 37.2 Å². The summed E-state index contributed by atoms with van der Waals surface area (Å²) in [7, 11) is 0. The van der Waals surface area contributed by atoms with Crippen molar-refractivity contribution in [1.29, 1.82) is 0 Å². The molecule has 0 aromatic carbocycles. The van der Waals surface area contributed by atoms with Crippen LogP contribution in [0.15, 0.2) is 67.5 Å². The molecule has 0 saturated heterocycles. The summed E-state index contributed by atoms with van der Waals surface area (Å²) in [6.45, 7) is 0. The van der Waals surface area contributed by atoms with Crippen LogP contribution >= 0.6 is 74.1 Å². The minimum absolute atomic E-state index is 0.0343. The molecule has 14 nitrogen and oxygen atoms in total. The van der Waals surface area contributed by atoms with E-state index >= 15 is 0 Å². The molecule has 23 heteroatoms. The van der Waals surface area contributed by atoms with Crippen molar-refractivity contribution < 1.29 is 43.0 Å². The summed E-state index contributed by atoms with van der Waals surface area (Å²) >= 11 is 36.0. The van der Waals surface area contributed by atoms with Crippen molar-refractivity contribution in [3.63, 3.8) is 0 Å². The summed E-state index contributed by atoms with van der Waals surface area (Å²) in [4.78, 5) is 15.8. The molecule has 0 N–H and O–H groups in total. The average molecular weight is 763 g/mol. The van der Waals surface area contributed by atoms with Gasteiger partial charge in [0.25, 0.3) is 0 Å². The Morgan fingerprint density at radius 3 is 1.00 bits per heavy atom. The van der Waals surface area contributed by atoms with E-state index in [4.69, 9.17) is 98.6 Å². The van der Waals surface area contributed by atoms with E-state index in [9.17, 15) is 0 Å². The maximum atomic E-state index is 8.50. The van der Waals surface area contributed by atoms with Gasteiger partial charge in [0.2, 0.25) is 0 Å². The number of hydrazine groups is 2. The molecule has 4 heterocycles. The minimum atomic E-state index is -2.03. The molecular formula is C16H10MoN8O6S8. The van der Waals surface area contributed by atoms with E-state index in [1.165, 1.54) is 69.9 Å². The third-order valence-electron chi connectivity index (χ3n) is 3.51. The summed E-state index contributed by atoms with van der Waals surface area (Å²) in [6.07, 6.45) is 11.3. The monoisotopic (exact) mass is 764 g/mol. The van der Waals surface area contributed by atoms with Gasteiger partial charge < -0.3 is 67.4 Å². The molecule has 204 valence electrons. The van der Waals surface area contributed by atoms with Crippen LogP contribution in [0.5, 0.6) is 0 Å². The summed E-state index contributed by atoms with van der Waals surface area (Å²) in [6, 6.07) is 0.593. The van der Waals surface area contributed by atoms with Crippen molar-refractivity contribution in [1.82, 2.24) is 19.9 Å². The van der Waals surface area contributed by atoms with E-state index in [2.05, 4.69) is 45.2 Å². The van der Waals surface area contributed by atoms with Crippen LogP contribution in [0.2, 0.25) is 0 Å².